The Kier molecular flexibility index (Phi) is 7.37. The van der Waals surface area contributed by atoms with Crippen LogP contribution >= 0.6 is 0 Å². The van der Waals surface area contributed by atoms with Gasteiger partial charge in [-0.3, -0.25) is 9.10 Å². The molecule has 0 saturated heterocycles. The Balaban J connectivity index is 1.79. The maximum atomic E-state index is 14.4. The average Bonchev–Trinajstić information content (AvgIpc) is 2.79. The van der Waals surface area contributed by atoms with Crippen molar-refractivity contribution in [2.24, 2.45) is 5.10 Å². The number of anilines is 1. The highest BCUT2D eigenvalue weighted by molar-refractivity contribution is 7.92. The molecule has 0 radical (unpaired) electrons. The molecule has 0 aliphatic rings. The normalized spacial score (nSPS) is 11.6. The van der Waals surface area contributed by atoms with E-state index in [0.717, 1.165) is 15.9 Å². The number of halogens is 1. The number of para-hydroxylation sites is 1. The zero-order valence-electron chi connectivity index (χ0n) is 17.8. The minimum atomic E-state index is -4.18. The van der Waals surface area contributed by atoms with Gasteiger partial charge in [-0.15, -0.1) is 0 Å². The topological polar surface area (TPSA) is 78.8 Å². The third-order valence-electron chi connectivity index (χ3n) is 4.75. The van der Waals surface area contributed by atoms with E-state index in [2.05, 4.69) is 24.4 Å². The standard InChI is InChI=1S/C24H24FN3O3S/c1-18(2)20-14-12-19(13-15-20)16-26-27-24(29)17-28(23-11-7-6-10-22(23)25)32(30,31)21-8-4-3-5-9-21/h3-16,18H,17H2,1-2H3,(H,27,29)/b26-16-. The number of nitrogens with one attached hydrogen (secondary N) is 1. The van der Waals surface area contributed by atoms with Gasteiger partial charge in [0.25, 0.3) is 15.9 Å². The molecule has 32 heavy (non-hydrogen) atoms. The summed E-state index contributed by atoms with van der Waals surface area (Å²) < 4.78 is 41.5. The highest BCUT2D eigenvalue weighted by atomic mass is 32.2. The van der Waals surface area contributed by atoms with E-state index in [4.69, 9.17) is 0 Å². The Labute approximate surface area is 187 Å². The molecule has 1 amide bonds. The molecule has 166 valence electrons. The van der Waals surface area contributed by atoms with Crippen molar-refractivity contribution in [3.05, 3.63) is 95.8 Å². The summed E-state index contributed by atoms with van der Waals surface area (Å²) in [6.45, 7) is 3.55. The molecule has 0 fully saturated rings. The van der Waals surface area contributed by atoms with E-state index in [9.17, 15) is 17.6 Å². The molecule has 0 spiro atoms. The van der Waals surface area contributed by atoms with Crippen molar-refractivity contribution in [3.63, 3.8) is 0 Å². The highest BCUT2D eigenvalue weighted by Crippen LogP contribution is 2.25. The average molecular weight is 454 g/mol. The zero-order valence-corrected chi connectivity index (χ0v) is 18.6. The fraction of sp³-hybridized carbons (Fsp3) is 0.167. The van der Waals surface area contributed by atoms with Gasteiger partial charge in [0, 0.05) is 0 Å². The van der Waals surface area contributed by atoms with Gasteiger partial charge in [-0.1, -0.05) is 68.4 Å². The van der Waals surface area contributed by atoms with Crippen LogP contribution in [0.4, 0.5) is 10.1 Å². The molecule has 6 nitrogen and oxygen atoms in total. The van der Waals surface area contributed by atoms with E-state index in [1.807, 2.05) is 24.3 Å². The van der Waals surface area contributed by atoms with Gasteiger partial charge in [-0.25, -0.2) is 18.2 Å². The molecule has 0 heterocycles. The van der Waals surface area contributed by atoms with Gasteiger partial charge in [0.2, 0.25) is 0 Å². The van der Waals surface area contributed by atoms with Crippen LogP contribution in [-0.2, 0) is 14.8 Å². The van der Waals surface area contributed by atoms with Crippen LogP contribution in [0.25, 0.3) is 0 Å². The Bertz CT molecular complexity index is 1190. The molecule has 0 aliphatic heterocycles. The van der Waals surface area contributed by atoms with Gasteiger partial charge >= 0.3 is 0 Å². The van der Waals surface area contributed by atoms with Gasteiger partial charge in [0.15, 0.2) is 0 Å². The summed E-state index contributed by atoms with van der Waals surface area (Å²) in [5.41, 5.74) is 4.05. The number of hydrazone groups is 1. The summed E-state index contributed by atoms with van der Waals surface area (Å²) >= 11 is 0. The Morgan fingerprint density at radius 1 is 1.00 bits per heavy atom. The number of hydrogen-bond acceptors (Lipinski definition) is 4. The van der Waals surface area contributed by atoms with Crippen molar-refractivity contribution in [1.29, 1.82) is 0 Å². The highest BCUT2D eigenvalue weighted by Gasteiger charge is 2.28. The van der Waals surface area contributed by atoms with Crippen molar-refractivity contribution < 1.29 is 17.6 Å². The predicted molar refractivity (Wildman–Crippen MR) is 124 cm³/mol. The Morgan fingerprint density at radius 3 is 2.25 bits per heavy atom. The van der Waals surface area contributed by atoms with Crippen LogP contribution in [0.15, 0.2) is 88.9 Å². The third kappa shape index (κ3) is 5.59. The quantitative estimate of drug-likeness (QED) is 0.408. The molecular formula is C24H24FN3O3S. The van der Waals surface area contributed by atoms with Crippen molar-refractivity contribution in [1.82, 2.24) is 5.43 Å². The van der Waals surface area contributed by atoms with E-state index in [-0.39, 0.29) is 10.6 Å². The zero-order chi connectivity index (χ0) is 23.1. The second-order valence-corrected chi connectivity index (χ2v) is 9.25. The molecule has 0 atom stereocenters. The monoisotopic (exact) mass is 453 g/mol. The second kappa shape index (κ2) is 10.2. The molecule has 0 saturated carbocycles. The predicted octanol–water partition coefficient (Wildman–Crippen LogP) is 4.29. The molecule has 3 aromatic carbocycles. The van der Waals surface area contributed by atoms with Gasteiger partial charge < -0.3 is 0 Å². The Hall–Kier alpha value is -3.52. The summed E-state index contributed by atoms with van der Waals surface area (Å²) in [7, 11) is -4.18. The molecule has 8 heteroatoms. The van der Waals surface area contributed by atoms with Crippen LogP contribution in [0.2, 0.25) is 0 Å². The number of carbonyl (C=O) groups is 1. The smallest absolute Gasteiger partial charge is 0.264 e. The van der Waals surface area contributed by atoms with Crippen molar-refractivity contribution in [3.8, 4) is 0 Å². The van der Waals surface area contributed by atoms with Crippen LogP contribution in [0.3, 0.4) is 0 Å². The van der Waals surface area contributed by atoms with Gasteiger partial charge in [0.1, 0.15) is 12.4 Å². The minimum Gasteiger partial charge on any atom is -0.271 e. The van der Waals surface area contributed by atoms with Crippen LogP contribution in [0, 0.1) is 5.82 Å². The summed E-state index contributed by atoms with van der Waals surface area (Å²) in [5, 5.41) is 3.90. The summed E-state index contributed by atoms with van der Waals surface area (Å²) in [4.78, 5) is 12.4. The van der Waals surface area contributed by atoms with Crippen molar-refractivity contribution in [2.45, 2.75) is 24.7 Å². The lowest BCUT2D eigenvalue weighted by molar-refractivity contribution is -0.119. The fourth-order valence-corrected chi connectivity index (χ4v) is 4.43. The third-order valence-corrected chi connectivity index (χ3v) is 6.52. The lowest BCUT2D eigenvalue weighted by Gasteiger charge is -2.24. The van der Waals surface area contributed by atoms with Gasteiger partial charge in [0.05, 0.1) is 16.8 Å². The summed E-state index contributed by atoms with van der Waals surface area (Å²) in [5.74, 6) is -1.06. The largest absolute Gasteiger partial charge is 0.271 e. The number of benzene rings is 3. The molecular weight excluding hydrogens is 429 g/mol. The van der Waals surface area contributed by atoms with Crippen LogP contribution in [-0.4, -0.2) is 27.1 Å². The van der Waals surface area contributed by atoms with Crippen LogP contribution in [0.5, 0.6) is 0 Å². The Morgan fingerprint density at radius 2 is 1.62 bits per heavy atom. The van der Waals surface area contributed by atoms with Crippen molar-refractivity contribution in [2.75, 3.05) is 10.8 Å². The first-order valence-corrected chi connectivity index (χ1v) is 11.5. The lowest BCUT2D eigenvalue weighted by atomic mass is 10.0. The molecule has 3 rings (SSSR count). The maximum absolute atomic E-state index is 14.4. The van der Waals surface area contributed by atoms with Gasteiger partial charge in [-0.2, -0.15) is 5.10 Å². The molecule has 0 aromatic heterocycles. The molecule has 0 bridgehead atoms. The number of rotatable bonds is 8. The number of sulfonamides is 1. The number of carbonyl (C=O) groups excluding carboxylic acids is 1. The van der Waals surface area contributed by atoms with E-state index in [0.29, 0.717) is 5.92 Å². The molecule has 1 N–H and O–H groups in total. The SMILES string of the molecule is CC(C)c1ccc(/C=N\NC(=O)CN(c2ccccc2F)S(=O)(=O)c2ccccc2)cc1. The minimum absolute atomic E-state index is 0.0511. The first-order valence-electron chi connectivity index (χ1n) is 10.0. The molecule has 3 aromatic rings. The lowest BCUT2D eigenvalue weighted by Crippen LogP contribution is -2.40. The van der Waals surface area contributed by atoms with E-state index >= 15 is 0 Å². The number of hydrogen-bond donors (Lipinski definition) is 1. The second-order valence-electron chi connectivity index (χ2n) is 7.39. The van der Waals surface area contributed by atoms with E-state index < -0.39 is 28.3 Å². The first-order chi connectivity index (χ1) is 15.3. The van der Waals surface area contributed by atoms with Crippen LogP contribution < -0.4 is 9.73 Å². The van der Waals surface area contributed by atoms with E-state index in [1.165, 1.54) is 42.1 Å². The number of nitrogens with zero attached hydrogens (tertiary/aromatic N) is 2. The van der Waals surface area contributed by atoms with Crippen LogP contribution in [0.1, 0.15) is 30.9 Å². The molecule has 0 unspecified atom stereocenters. The molecule has 0 aliphatic carbocycles. The van der Waals surface area contributed by atoms with Gasteiger partial charge in [-0.05, 0) is 41.3 Å². The first kappa shape index (κ1) is 23.1. The summed E-state index contributed by atoms with van der Waals surface area (Å²) in [6, 6.07) is 20.6. The van der Waals surface area contributed by atoms with E-state index in [1.54, 1.807) is 18.2 Å². The maximum Gasteiger partial charge on any atom is 0.264 e. The number of amides is 1. The van der Waals surface area contributed by atoms with Crippen molar-refractivity contribution >= 4 is 27.8 Å². The fourth-order valence-electron chi connectivity index (χ4n) is 2.98. The summed E-state index contributed by atoms with van der Waals surface area (Å²) in [6.07, 6.45) is 1.46.